The second-order valence-electron chi connectivity index (χ2n) is 4.70. The summed E-state index contributed by atoms with van der Waals surface area (Å²) >= 11 is 0. The molecule has 2 rings (SSSR count). The fourth-order valence-electron chi connectivity index (χ4n) is 1.99. The average Bonchev–Trinajstić information content (AvgIpc) is 2.49. The van der Waals surface area contributed by atoms with Gasteiger partial charge in [-0.3, -0.25) is 4.79 Å². The third-order valence-electron chi connectivity index (χ3n) is 3.08. The minimum atomic E-state index is -0.121. The Morgan fingerprint density at radius 2 is 1.95 bits per heavy atom. The Balaban J connectivity index is 2.02. The molecule has 1 amide bonds. The number of hydrogen-bond donors (Lipinski definition) is 2. The van der Waals surface area contributed by atoms with E-state index in [0.717, 1.165) is 5.69 Å². The van der Waals surface area contributed by atoms with Crippen LogP contribution in [0.15, 0.2) is 48.5 Å². The van der Waals surface area contributed by atoms with Gasteiger partial charge in [0.1, 0.15) is 5.75 Å². The van der Waals surface area contributed by atoms with Crippen LogP contribution in [0.4, 0.5) is 17.1 Å². The highest BCUT2D eigenvalue weighted by molar-refractivity contribution is 5.95. The first-order valence-corrected chi connectivity index (χ1v) is 6.59. The molecule has 0 saturated heterocycles. The Morgan fingerprint density at radius 3 is 2.62 bits per heavy atom. The molecule has 0 heterocycles. The predicted molar refractivity (Wildman–Crippen MR) is 85.7 cm³/mol. The van der Waals surface area contributed by atoms with Gasteiger partial charge in [-0.25, -0.2) is 0 Å². The smallest absolute Gasteiger partial charge is 0.243 e. The van der Waals surface area contributed by atoms with Crippen LogP contribution < -0.4 is 20.7 Å². The van der Waals surface area contributed by atoms with E-state index < -0.39 is 0 Å². The lowest BCUT2D eigenvalue weighted by molar-refractivity contribution is -0.114. The van der Waals surface area contributed by atoms with E-state index in [2.05, 4.69) is 5.32 Å². The normalized spacial score (nSPS) is 10.0. The molecule has 0 aromatic heterocycles. The number of nitrogens with one attached hydrogen (secondary N) is 1. The van der Waals surface area contributed by atoms with Gasteiger partial charge < -0.3 is 20.7 Å². The minimum Gasteiger partial charge on any atom is -0.494 e. The zero-order chi connectivity index (χ0) is 15.2. The lowest BCUT2D eigenvalue weighted by Gasteiger charge is -2.19. The summed E-state index contributed by atoms with van der Waals surface area (Å²) in [5.41, 5.74) is 7.87. The summed E-state index contributed by atoms with van der Waals surface area (Å²) < 4.78 is 5.21. The first kappa shape index (κ1) is 14.7. The third kappa shape index (κ3) is 3.89. The van der Waals surface area contributed by atoms with E-state index in [1.54, 1.807) is 25.3 Å². The number of hydrogen-bond acceptors (Lipinski definition) is 4. The van der Waals surface area contributed by atoms with Gasteiger partial charge in [0, 0.05) is 24.5 Å². The molecule has 0 atom stereocenters. The Hall–Kier alpha value is -2.69. The van der Waals surface area contributed by atoms with Gasteiger partial charge in [0.05, 0.1) is 19.3 Å². The van der Waals surface area contributed by atoms with Crippen LogP contribution in [-0.2, 0) is 4.79 Å². The number of benzene rings is 2. The van der Waals surface area contributed by atoms with E-state index in [9.17, 15) is 4.79 Å². The Kier molecular flexibility index (Phi) is 4.66. The van der Waals surface area contributed by atoms with E-state index in [1.807, 2.05) is 42.3 Å². The van der Waals surface area contributed by atoms with Crippen molar-refractivity contribution in [2.45, 2.75) is 0 Å². The topological polar surface area (TPSA) is 67.6 Å². The van der Waals surface area contributed by atoms with Crippen molar-refractivity contribution >= 4 is 23.0 Å². The van der Waals surface area contributed by atoms with E-state index >= 15 is 0 Å². The Morgan fingerprint density at radius 1 is 1.24 bits per heavy atom. The molecule has 2 aromatic carbocycles. The molecule has 110 valence electrons. The zero-order valence-corrected chi connectivity index (χ0v) is 12.2. The SMILES string of the molecule is COc1cc(N)ccc1NC(=O)CN(C)c1ccccc1. The summed E-state index contributed by atoms with van der Waals surface area (Å²) in [6, 6.07) is 14.9. The second kappa shape index (κ2) is 6.65. The lowest BCUT2D eigenvalue weighted by Crippen LogP contribution is -2.30. The van der Waals surface area contributed by atoms with E-state index in [-0.39, 0.29) is 12.5 Å². The number of nitrogen functional groups attached to an aromatic ring is 1. The van der Waals surface area contributed by atoms with Crippen LogP contribution in [0.3, 0.4) is 0 Å². The van der Waals surface area contributed by atoms with Gasteiger partial charge >= 0.3 is 0 Å². The molecule has 5 nitrogen and oxygen atoms in total. The molecule has 21 heavy (non-hydrogen) atoms. The van der Waals surface area contributed by atoms with Gasteiger partial charge in [0.15, 0.2) is 0 Å². The van der Waals surface area contributed by atoms with Crippen LogP contribution in [0.1, 0.15) is 0 Å². The number of amides is 1. The van der Waals surface area contributed by atoms with Crippen molar-refractivity contribution in [3.63, 3.8) is 0 Å². The lowest BCUT2D eigenvalue weighted by atomic mass is 10.2. The number of methoxy groups -OCH3 is 1. The van der Waals surface area contributed by atoms with Crippen LogP contribution in [-0.4, -0.2) is 26.6 Å². The molecule has 3 N–H and O–H groups in total. The van der Waals surface area contributed by atoms with Crippen molar-refractivity contribution in [1.29, 1.82) is 0 Å². The first-order valence-electron chi connectivity index (χ1n) is 6.59. The number of carbonyl (C=O) groups is 1. The average molecular weight is 285 g/mol. The molecule has 0 bridgehead atoms. The summed E-state index contributed by atoms with van der Waals surface area (Å²) in [5.74, 6) is 0.426. The van der Waals surface area contributed by atoms with Gasteiger partial charge in [-0.2, -0.15) is 0 Å². The molecular weight excluding hydrogens is 266 g/mol. The highest BCUT2D eigenvalue weighted by Gasteiger charge is 2.10. The number of para-hydroxylation sites is 1. The molecule has 0 aliphatic heterocycles. The molecule has 0 unspecified atom stereocenters. The van der Waals surface area contributed by atoms with Crippen LogP contribution in [0.2, 0.25) is 0 Å². The van der Waals surface area contributed by atoms with Crippen molar-refractivity contribution < 1.29 is 9.53 Å². The van der Waals surface area contributed by atoms with Crippen molar-refractivity contribution in [3.8, 4) is 5.75 Å². The molecule has 5 heteroatoms. The summed E-state index contributed by atoms with van der Waals surface area (Å²) in [4.78, 5) is 14.0. The quantitative estimate of drug-likeness (QED) is 0.828. The van der Waals surface area contributed by atoms with E-state index in [4.69, 9.17) is 10.5 Å². The highest BCUT2D eigenvalue weighted by atomic mass is 16.5. The highest BCUT2D eigenvalue weighted by Crippen LogP contribution is 2.26. The van der Waals surface area contributed by atoms with E-state index in [0.29, 0.717) is 17.1 Å². The molecule has 0 spiro atoms. The number of nitrogens with two attached hydrogens (primary N) is 1. The van der Waals surface area contributed by atoms with Crippen LogP contribution in [0.5, 0.6) is 5.75 Å². The van der Waals surface area contributed by atoms with Gasteiger partial charge in [-0.1, -0.05) is 18.2 Å². The third-order valence-corrected chi connectivity index (χ3v) is 3.08. The maximum atomic E-state index is 12.1. The molecule has 0 aliphatic carbocycles. The van der Waals surface area contributed by atoms with Gasteiger partial charge in [-0.15, -0.1) is 0 Å². The number of ether oxygens (including phenoxy) is 1. The van der Waals surface area contributed by atoms with Gasteiger partial charge in [0.2, 0.25) is 5.91 Å². The van der Waals surface area contributed by atoms with Crippen molar-refractivity contribution in [2.75, 3.05) is 36.7 Å². The second-order valence-corrected chi connectivity index (χ2v) is 4.70. The number of anilines is 3. The van der Waals surface area contributed by atoms with E-state index in [1.165, 1.54) is 0 Å². The molecule has 0 aliphatic rings. The molecule has 0 saturated carbocycles. The van der Waals surface area contributed by atoms with Crippen LogP contribution >= 0.6 is 0 Å². The van der Waals surface area contributed by atoms with Gasteiger partial charge in [-0.05, 0) is 24.3 Å². The summed E-state index contributed by atoms with van der Waals surface area (Å²) in [6.07, 6.45) is 0. The van der Waals surface area contributed by atoms with Crippen molar-refractivity contribution in [1.82, 2.24) is 0 Å². The first-order chi connectivity index (χ1) is 10.1. The molecule has 0 fully saturated rings. The number of rotatable bonds is 5. The van der Waals surface area contributed by atoms with Gasteiger partial charge in [0.25, 0.3) is 0 Å². The number of likely N-dealkylation sites (N-methyl/N-ethyl adjacent to an activating group) is 1. The van der Waals surface area contributed by atoms with Crippen molar-refractivity contribution in [2.24, 2.45) is 0 Å². The van der Waals surface area contributed by atoms with Crippen LogP contribution in [0, 0.1) is 0 Å². The maximum Gasteiger partial charge on any atom is 0.243 e. The number of carbonyl (C=O) groups excluding carboxylic acids is 1. The Bertz CT molecular complexity index is 614. The largest absolute Gasteiger partial charge is 0.494 e. The standard InChI is InChI=1S/C16H19N3O2/c1-19(13-6-4-3-5-7-13)11-16(20)18-14-9-8-12(17)10-15(14)21-2/h3-10H,11,17H2,1-2H3,(H,18,20). The van der Waals surface area contributed by atoms with Crippen LogP contribution in [0.25, 0.3) is 0 Å². The number of nitrogens with zero attached hydrogens (tertiary/aromatic N) is 1. The molecular formula is C16H19N3O2. The predicted octanol–water partition coefficient (Wildman–Crippen LogP) is 2.35. The maximum absolute atomic E-state index is 12.1. The summed E-state index contributed by atoms with van der Waals surface area (Å²) in [6.45, 7) is 0.248. The minimum absolute atomic E-state index is 0.121. The fourth-order valence-corrected chi connectivity index (χ4v) is 1.99. The fraction of sp³-hybridized carbons (Fsp3) is 0.188. The molecule has 0 radical (unpaired) electrons. The molecule has 2 aromatic rings. The summed E-state index contributed by atoms with van der Waals surface area (Å²) in [5, 5.41) is 2.83. The monoisotopic (exact) mass is 285 g/mol. The Labute approximate surface area is 124 Å². The summed E-state index contributed by atoms with van der Waals surface area (Å²) in [7, 11) is 3.41. The van der Waals surface area contributed by atoms with Crippen molar-refractivity contribution in [3.05, 3.63) is 48.5 Å². The zero-order valence-electron chi connectivity index (χ0n) is 12.2.